The number of H-pyrrole nitrogens is 1. The Morgan fingerprint density at radius 3 is 3.00 bits per heavy atom. The quantitative estimate of drug-likeness (QED) is 0.776. The molecule has 2 aromatic rings. The molecular formula is C10H10N2OS2. The Bertz CT molecular complexity index is 645. The molecule has 2 aromatic heterocycles. The van der Waals surface area contributed by atoms with Gasteiger partial charge < -0.3 is 4.98 Å². The van der Waals surface area contributed by atoms with E-state index < -0.39 is 0 Å². The normalized spacial score (nSPS) is 16.1. The molecule has 78 valence electrons. The largest absolute Gasteiger partial charge is 0.323 e. The highest BCUT2D eigenvalue weighted by Gasteiger charge is 2.26. The second kappa shape index (κ2) is 3.02. The van der Waals surface area contributed by atoms with Crippen molar-refractivity contribution < 1.29 is 0 Å². The van der Waals surface area contributed by atoms with E-state index >= 15 is 0 Å². The molecule has 1 N–H and O–H groups in total. The van der Waals surface area contributed by atoms with Crippen molar-refractivity contribution in [2.75, 3.05) is 0 Å². The molecule has 1 aliphatic rings. The monoisotopic (exact) mass is 238 g/mol. The molecular weight excluding hydrogens is 228 g/mol. The van der Waals surface area contributed by atoms with Crippen molar-refractivity contribution in [2.24, 2.45) is 0 Å². The number of hydrogen-bond donors (Lipinski definition) is 1. The average molecular weight is 238 g/mol. The first kappa shape index (κ1) is 9.30. The third-order valence-electron chi connectivity index (χ3n) is 2.76. The number of fused-ring (bicyclic) bond motifs is 1. The molecule has 2 heterocycles. The maximum absolute atomic E-state index is 12.2. The van der Waals surface area contributed by atoms with Crippen LogP contribution in [0.5, 0.6) is 0 Å². The van der Waals surface area contributed by atoms with Gasteiger partial charge in [0.2, 0.25) is 0 Å². The van der Waals surface area contributed by atoms with E-state index in [2.05, 4.69) is 4.98 Å². The van der Waals surface area contributed by atoms with Crippen LogP contribution in [0, 0.1) is 11.7 Å². The predicted octanol–water partition coefficient (Wildman–Crippen LogP) is 2.76. The molecule has 0 aliphatic heterocycles. The Morgan fingerprint density at radius 2 is 2.33 bits per heavy atom. The molecule has 1 saturated carbocycles. The van der Waals surface area contributed by atoms with Crippen LogP contribution in [-0.4, -0.2) is 9.55 Å². The Hall–Kier alpha value is -0.940. The van der Waals surface area contributed by atoms with Crippen molar-refractivity contribution in [3.05, 3.63) is 26.1 Å². The van der Waals surface area contributed by atoms with Gasteiger partial charge in [-0.1, -0.05) is 0 Å². The van der Waals surface area contributed by atoms with Crippen molar-refractivity contribution in [2.45, 2.75) is 25.8 Å². The first-order chi connectivity index (χ1) is 7.18. The van der Waals surface area contributed by atoms with E-state index in [4.69, 9.17) is 12.2 Å². The van der Waals surface area contributed by atoms with Gasteiger partial charge in [-0.3, -0.25) is 9.36 Å². The molecule has 3 nitrogen and oxygen atoms in total. The fraction of sp³-hybridized carbons (Fsp3) is 0.400. The smallest absolute Gasteiger partial charge is 0.263 e. The van der Waals surface area contributed by atoms with Gasteiger partial charge in [-0.15, -0.1) is 11.3 Å². The highest BCUT2D eigenvalue weighted by atomic mass is 32.1. The minimum absolute atomic E-state index is 0.0787. The molecule has 1 aliphatic carbocycles. The second-order valence-corrected chi connectivity index (χ2v) is 5.23. The van der Waals surface area contributed by atoms with Crippen LogP contribution >= 0.6 is 23.6 Å². The van der Waals surface area contributed by atoms with Crippen LogP contribution in [0.25, 0.3) is 10.2 Å². The number of nitrogens with zero attached hydrogens (tertiary/aromatic N) is 1. The van der Waals surface area contributed by atoms with E-state index in [-0.39, 0.29) is 5.56 Å². The molecule has 0 spiro atoms. The topological polar surface area (TPSA) is 37.8 Å². The number of aromatic amines is 1. The molecule has 0 saturated heterocycles. The molecule has 0 atom stereocenters. The van der Waals surface area contributed by atoms with Crippen molar-refractivity contribution >= 4 is 33.8 Å². The summed E-state index contributed by atoms with van der Waals surface area (Å²) < 4.78 is 2.30. The highest BCUT2D eigenvalue weighted by molar-refractivity contribution is 7.71. The standard InChI is InChI=1S/C10H10N2OS2/c1-5-4-15-8-7(5)9(13)12(6-2-3-6)10(14)11-8/h4,6H,2-3H2,1H3,(H,11,14). The molecule has 0 bridgehead atoms. The Kier molecular flexibility index (Phi) is 1.87. The zero-order chi connectivity index (χ0) is 10.6. The second-order valence-electron chi connectivity index (χ2n) is 3.96. The van der Waals surface area contributed by atoms with Crippen LogP contribution in [0.4, 0.5) is 0 Å². The van der Waals surface area contributed by atoms with Crippen LogP contribution in [0.2, 0.25) is 0 Å². The summed E-state index contributed by atoms with van der Waals surface area (Å²) in [6.07, 6.45) is 2.15. The van der Waals surface area contributed by atoms with Crippen LogP contribution < -0.4 is 5.56 Å². The zero-order valence-electron chi connectivity index (χ0n) is 8.24. The van der Waals surface area contributed by atoms with Gasteiger partial charge in [0.05, 0.1) is 5.39 Å². The summed E-state index contributed by atoms with van der Waals surface area (Å²) >= 11 is 6.75. The lowest BCUT2D eigenvalue weighted by Crippen LogP contribution is -2.20. The lowest BCUT2D eigenvalue weighted by atomic mass is 10.3. The summed E-state index contributed by atoms with van der Waals surface area (Å²) in [6, 6.07) is 0.338. The number of hydrogen-bond acceptors (Lipinski definition) is 3. The number of nitrogens with one attached hydrogen (secondary N) is 1. The minimum atomic E-state index is 0.0787. The minimum Gasteiger partial charge on any atom is -0.323 e. The Labute approximate surface area is 95.4 Å². The van der Waals surface area contributed by atoms with Gasteiger partial charge in [0.15, 0.2) is 4.77 Å². The third kappa shape index (κ3) is 1.30. The van der Waals surface area contributed by atoms with E-state index in [9.17, 15) is 4.79 Å². The van der Waals surface area contributed by atoms with Crippen LogP contribution in [0.15, 0.2) is 10.2 Å². The maximum atomic E-state index is 12.2. The lowest BCUT2D eigenvalue weighted by molar-refractivity contribution is 0.686. The summed E-state index contributed by atoms with van der Waals surface area (Å²) in [5.74, 6) is 0. The molecule has 0 aromatic carbocycles. The van der Waals surface area contributed by atoms with E-state index in [0.29, 0.717) is 10.8 Å². The lowest BCUT2D eigenvalue weighted by Gasteiger charge is -2.03. The van der Waals surface area contributed by atoms with Gasteiger partial charge in [0.1, 0.15) is 4.83 Å². The van der Waals surface area contributed by atoms with Gasteiger partial charge in [-0.05, 0) is 42.9 Å². The fourth-order valence-electron chi connectivity index (χ4n) is 1.84. The molecule has 0 amide bonds. The molecule has 0 radical (unpaired) electrons. The van der Waals surface area contributed by atoms with Crippen molar-refractivity contribution in [3.63, 3.8) is 0 Å². The van der Waals surface area contributed by atoms with Crippen molar-refractivity contribution in [1.82, 2.24) is 9.55 Å². The molecule has 0 unspecified atom stereocenters. The van der Waals surface area contributed by atoms with Crippen LogP contribution in [-0.2, 0) is 0 Å². The Balaban J connectivity index is 2.50. The van der Waals surface area contributed by atoms with E-state index in [1.807, 2.05) is 12.3 Å². The zero-order valence-corrected chi connectivity index (χ0v) is 9.87. The third-order valence-corrected chi connectivity index (χ3v) is 4.07. The van der Waals surface area contributed by atoms with E-state index in [0.717, 1.165) is 28.6 Å². The first-order valence-electron chi connectivity index (χ1n) is 4.91. The Morgan fingerprint density at radius 1 is 1.60 bits per heavy atom. The van der Waals surface area contributed by atoms with Crippen molar-refractivity contribution in [1.29, 1.82) is 0 Å². The van der Waals surface area contributed by atoms with E-state index in [1.54, 1.807) is 15.9 Å². The number of aryl methyl sites for hydroxylation is 1. The van der Waals surface area contributed by atoms with Gasteiger partial charge in [0, 0.05) is 6.04 Å². The molecule has 15 heavy (non-hydrogen) atoms. The predicted molar refractivity (Wildman–Crippen MR) is 64.3 cm³/mol. The van der Waals surface area contributed by atoms with Gasteiger partial charge >= 0.3 is 0 Å². The van der Waals surface area contributed by atoms with Crippen LogP contribution in [0.1, 0.15) is 24.4 Å². The number of aromatic nitrogens is 2. The van der Waals surface area contributed by atoms with Gasteiger partial charge in [0.25, 0.3) is 5.56 Å². The average Bonchev–Trinajstić information content (AvgIpc) is 2.92. The molecule has 3 rings (SSSR count). The summed E-state index contributed by atoms with van der Waals surface area (Å²) in [5, 5.41) is 2.80. The summed E-state index contributed by atoms with van der Waals surface area (Å²) in [6.45, 7) is 1.97. The highest BCUT2D eigenvalue weighted by Crippen LogP contribution is 2.34. The van der Waals surface area contributed by atoms with Gasteiger partial charge in [-0.25, -0.2) is 0 Å². The van der Waals surface area contributed by atoms with Gasteiger partial charge in [-0.2, -0.15) is 0 Å². The number of thiophene rings is 1. The fourth-order valence-corrected chi connectivity index (χ4v) is 3.17. The molecule has 5 heteroatoms. The summed E-state index contributed by atoms with van der Waals surface area (Å²) in [4.78, 5) is 16.2. The number of rotatable bonds is 1. The van der Waals surface area contributed by atoms with E-state index in [1.165, 1.54) is 0 Å². The summed E-state index contributed by atoms with van der Waals surface area (Å²) in [7, 11) is 0. The maximum Gasteiger partial charge on any atom is 0.263 e. The van der Waals surface area contributed by atoms with Crippen LogP contribution in [0.3, 0.4) is 0 Å². The summed E-state index contributed by atoms with van der Waals surface area (Å²) in [5.41, 5.74) is 1.12. The first-order valence-corrected chi connectivity index (χ1v) is 6.20. The SMILES string of the molecule is Cc1csc2[nH]c(=S)n(C3CC3)c(=O)c12. The van der Waals surface area contributed by atoms with Crippen molar-refractivity contribution in [3.8, 4) is 0 Å². The molecule has 1 fully saturated rings.